The number of piperidine rings is 1. The molecule has 1 heterocycles. The van der Waals surface area contributed by atoms with Gasteiger partial charge in [0.1, 0.15) is 6.54 Å². The molecular weight excluding hydrogens is 362 g/mol. The highest BCUT2D eigenvalue weighted by atomic mass is 32.2. The van der Waals surface area contributed by atoms with E-state index in [2.05, 4.69) is 17.1 Å². The first-order valence-corrected chi connectivity index (χ1v) is 11.7. The highest BCUT2D eigenvalue weighted by Crippen LogP contribution is 2.18. The van der Waals surface area contributed by atoms with Gasteiger partial charge in [-0.1, -0.05) is 26.0 Å². The molecule has 2 rings (SSSR count). The minimum atomic E-state index is -3.52. The number of nitrogens with one attached hydrogen (secondary N) is 1. The lowest BCUT2D eigenvalue weighted by Gasteiger charge is -2.30. The summed E-state index contributed by atoms with van der Waals surface area (Å²) in [7, 11) is -3.52. The van der Waals surface area contributed by atoms with Crippen LogP contribution in [0.25, 0.3) is 0 Å². The Kier molecular flexibility index (Phi) is 8.10. The van der Waals surface area contributed by atoms with Crippen LogP contribution in [0.2, 0.25) is 0 Å². The number of hydrogen-bond donors (Lipinski definition) is 1. The first kappa shape index (κ1) is 21.7. The van der Waals surface area contributed by atoms with E-state index in [0.717, 1.165) is 54.5 Å². The Bertz CT molecular complexity index is 696. The second-order valence-corrected chi connectivity index (χ2v) is 9.42. The van der Waals surface area contributed by atoms with Crippen LogP contribution in [0.1, 0.15) is 38.7 Å². The zero-order valence-electron chi connectivity index (χ0n) is 16.8. The minimum Gasteiger partial charge on any atom is -0.354 e. The van der Waals surface area contributed by atoms with E-state index in [1.807, 2.05) is 19.1 Å². The number of hydrogen-bond acceptors (Lipinski definition) is 4. The number of aryl methyl sites for hydroxylation is 1. The molecule has 0 radical (unpaired) electrons. The SMILES string of the molecule is CCc1ccc(N(CC(=O)NCCCN2CCC(C)CC2)S(C)(=O)=O)cc1. The number of anilines is 1. The zero-order chi connectivity index (χ0) is 19.9. The monoisotopic (exact) mass is 395 g/mol. The Morgan fingerprint density at radius 3 is 2.41 bits per heavy atom. The molecule has 0 aromatic heterocycles. The van der Waals surface area contributed by atoms with Gasteiger partial charge in [-0.05, 0) is 68.9 Å². The van der Waals surface area contributed by atoms with E-state index >= 15 is 0 Å². The number of carbonyl (C=O) groups excluding carboxylic acids is 1. The number of sulfonamides is 1. The quantitative estimate of drug-likeness (QED) is 0.651. The van der Waals surface area contributed by atoms with Gasteiger partial charge in [0.2, 0.25) is 15.9 Å². The van der Waals surface area contributed by atoms with Crippen molar-refractivity contribution in [3.8, 4) is 0 Å². The first-order valence-electron chi connectivity index (χ1n) is 9.85. The Morgan fingerprint density at radius 1 is 1.22 bits per heavy atom. The van der Waals surface area contributed by atoms with Crippen LogP contribution in [0.5, 0.6) is 0 Å². The highest BCUT2D eigenvalue weighted by molar-refractivity contribution is 7.92. The Labute approximate surface area is 164 Å². The second-order valence-electron chi connectivity index (χ2n) is 7.52. The van der Waals surface area contributed by atoms with Crippen molar-refractivity contribution in [1.82, 2.24) is 10.2 Å². The number of benzene rings is 1. The van der Waals surface area contributed by atoms with Gasteiger partial charge in [-0.3, -0.25) is 9.10 Å². The Morgan fingerprint density at radius 2 is 1.85 bits per heavy atom. The summed E-state index contributed by atoms with van der Waals surface area (Å²) in [6.07, 6.45) is 5.38. The Hall–Kier alpha value is -1.60. The third kappa shape index (κ3) is 7.14. The molecule has 0 aliphatic carbocycles. The highest BCUT2D eigenvalue weighted by Gasteiger charge is 2.21. The van der Waals surface area contributed by atoms with Crippen LogP contribution in [0.15, 0.2) is 24.3 Å². The predicted octanol–water partition coefficient (Wildman–Crippen LogP) is 2.25. The maximum absolute atomic E-state index is 12.3. The molecule has 152 valence electrons. The number of rotatable bonds is 9. The summed E-state index contributed by atoms with van der Waals surface area (Å²) in [6.45, 7) is 7.95. The third-order valence-electron chi connectivity index (χ3n) is 5.17. The summed E-state index contributed by atoms with van der Waals surface area (Å²) < 4.78 is 25.4. The molecule has 6 nitrogen and oxygen atoms in total. The minimum absolute atomic E-state index is 0.189. The van der Waals surface area contributed by atoms with Crippen molar-refractivity contribution < 1.29 is 13.2 Å². The summed E-state index contributed by atoms with van der Waals surface area (Å²) >= 11 is 0. The van der Waals surface area contributed by atoms with Crippen molar-refractivity contribution in [1.29, 1.82) is 0 Å². The van der Waals surface area contributed by atoms with Crippen LogP contribution in [-0.2, 0) is 21.2 Å². The summed E-state index contributed by atoms with van der Waals surface area (Å²) in [6, 6.07) is 7.30. The fourth-order valence-electron chi connectivity index (χ4n) is 3.30. The average Bonchev–Trinajstić information content (AvgIpc) is 2.64. The van der Waals surface area contributed by atoms with Crippen LogP contribution < -0.4 is 9.62 Å². The molecule has 0 unspecified atom stereocenters. The molecule has 1 aliphatic heterocycles. The van der Waals surface area contributed by atoms with Crippen molar-refractivity contribution in [2.45, 2.75) is 39.5 Å². The van der Waals surface area contributed by atoms with E-state index in [0.29, 0.717) is 12.2 Å². The van der Waals surface area contributed by atoms with Gasteiger partial charge in [-0.15, -0.1) is 0 Å². The van der Waals surface area contributed by atoms with Crippen LogP contribution in [-0.4, -0.2) is 58.2 Å². The molecule has 1 amide bonds. The van der Waals surface area contributed by atoms with E-state index in [-0.39, 0.29) is 12.5 Å². The fourth-order valence-corrected chi connectivity index (χ4v) is 4.16. The summed E-state index contributed by atoms with van der Waals surface area (Å²) in [4.78, 5) is 14.7. The van der Waals surface area contributed by atoms with Gasteiger partial charge in [-0.2, -0.15) is 0 Å². The standard InChI is InChI=1S/C20H33N3O3S/c1-4-18-6-8-19(9-7-18)23(27(3,25)26)16-20(24)21-12-5-13-22-14-10-17(2)11-15-22/h6-9,17H,4-5,10-16H2,1-3H3,(H,21,24). The molecule has 0 saturated carbocycles. The largest absolute Gasteiger partial charge is 0.354 e. The summed E-state index contributed by atoms with van der Waals surface area (Å²) in [5.74, 6) is 0.543. The van der Waals surface area contributed by atoms with Crippen molar-refractivity contribution in [2.24, 2.45) is 5.92 Å². The molecule has 0 spiro atoms. The number of amides is 1. The van der Waals surface area contributed by atoms with Crippen molar-refractivity contribution in [3.63, 3.8) is 0 Å². The van der Waals surface area contributed by atoms with Gasteiger partial charge in [0.15, 0.2) is 0 Å². The summed E-state index contributed by atoms with van der Waals surface area (Å²) in [5, 5.41) is 2.85. The molecule has 1 fully saturated rings. The zero-order valence-corrected chi connectivity index (χ0v) is 17.6. The summed E-state index contributed by atoms with van der Waals surface area (Å²) in [5.41, 5.74) is 1.65. The topological polar surface area (TPSA) is 69.7 Å². The fraction of sp³-hybridized carbons (Fsp3) is 0.650. The van der Waals surface area contributed by atoms with E-state index in [9.17, 15) is 13.2 Å². The van der Waals surface area contributed by atoms with Crippen molar-refractivity contribution in [2.75, 3.05) is 43.3 Å². The van der Waals surface area contributed by atoms with E-state index in [4.69, 9.17) is 0 Å². The van der Waals surface area contributed by atoms with Gasteiger partial charge < -0.3 is 10.2 Å². The van der Waals surface area contributed by atoms with Crippen LogP contribution >= 0.6 is 0 Å². The van der Waals surface area contributed by atoms with Gasteiger partial charge in [0.05, 0.1) is 11.9 Å². The van der Waals surface area contributed by atoms with Crippen molar-refractivity contribution in [3.05, 3.63) is 29.8 Å². The molecular formula is C20H33N3O3S. The number of nitrogens with zero attached hydrogens (tertiary/aromatic N) is 2. The maximum Gasteiger partial charge on any atom is 0.240 e. The second kappa shape index (κ2) is 10.1. The molecule has 0 atom stereocenters. The number of carbonyl (C=O) groups is 1. The van der Waals surface area contributed by atoms with Crippen molar-refractivity contribution >= 4 is 21.6 Å². The van der Waals surface area contributed by atoms with E-state index in [1.165, 1.54) is 12.8 Å². The lowest BCUT2D eigenvalue weighted by atomic mass is 9.99. The van der Waals surface area contributed by atoms with E-state index in [1.54, 1.807) is 12.1 Å². The van der Waals surface area contributed by atoms with Gasteiger partial charge >= 0.3 is 0 Å². The maximum atomic E-state index is 12.3. The smallest absolute Gasteiger partial charge is 0.240 e. The van der Waals surface area contributed by atoms with Crippen LogP contribution in [0, 0.1) is 5.92 Å². The normalized spacial score (nSPS) is 16.3. The van der Waals surface area contributed by atoms with Gasteiger partial charge in [0, 0.05) is 6.54 Å². The van der Waals surface area contributed by atoms with Gasteiger partial charge in [0.25, 0.3) is 0 Å². The molecule has 1 N–H and O–H groups in total. The predicted molar refractivity (Wildman–Crippen MR) is 110 cm³/mol. The molecule has 1 saturated heterocycles. The molecule has 1 aromatic rings. The molecule has 1 aliphatic rings. The average molecular weight is 396 g/mol. The molecule has 0 bridgehead atoms. The third-order valence-corrected chi connectivity index (χ3v) is 6.31. The van der Waals surface area contributed by atoms with E-state index < -0.39 is 10.0 Å². The first-order chi connectivity index (χ1) is 12.8. The molecule has 27 heavy (non-hydrogen) atoms. The lowest BCUT2D eigenvalue weighted by Crippen LogP contribution is -2.41. The van der Waals surface area contributed by atoms with Gasteiger partial charge in [-0.25, -0.2) is 8.42 Å². The molecule has 7 heteroatoms. The Balaban J connectivity index is 1.81. The van der Waals surface area contributed by atoms with Crippen LogP contribution in [0.3, 0.4) is 0 Å². The molecule has 1 aromatic carbocycles. The van der Waals surface area contributed by atoms with Crippen LogP contribution in [0.4, 0.5) is 5.69 Å². The number of likely N-dealkylation sites (tertiary alicyclic amines) is 1. The lowest BCUT2D eigenvalue weighted by molar-refractivity contribution is -0.119.